The van der Waals surface area contributed by atoms with Gasteiger partial charge in [-0.1, -0.05) is 13.8 Å². The first-order valence-corrected chi connectivity index (χ1v) is 4.11. The molecule has 0 bridgehead atoms. The fraction of sp³-hybridized carbons (Fsp3) is 0.556. The number of nitrogens with zero attached hydrogens (tertiary/aromatic N) is 1. The second-order valence-corrected chi connectivity index (χ2v) is 4.06. The van der Waals surface area contributed by atoms with Crippen molar-refractivity contribution >= 4 is 5.78 Å². The van der Waals surface area contributed by atoms with E-state index in [0.717, 1.165) is 23.4 Å². The first-order valence-electron chi connectivity index (χ1n) is 4.11. The molecule has 1 aromatic heterocycles. The van der Waals surface area contributed by atoms with Gasteiger partial charge in [-0.3, -0.25) is 9.89 Å². The first-order chi connectivity index (χ1) is 5.52. The Morgan fingerprint density at radius 2 is 2.17 bits per heavy atom. The van der Waals surface area contributed by atoms with Crippen LogP contribution in [-0.4, -0.2) is 16.0 Å². The Morgan fingerprint density at radius 3 is 2.75 bits per heavy atom. The van der Waals surface area contributed by atoms with Gasteiger partial charge in [-0.05, 0) is 6.92 Å². The lowest BCUT2D eigenvalue weighted by Crippen LogP contribution is -2.20. The summed E-state index contributed by atoms with van der Waals surface area (Å²) in [6.45, 7) is 5.83. The van der Waals surface area contributed by atoms with E-state index in [9.17, 15) is 4.79 Å². The van der Waals surface area contributed by atoms with Gasteiger partial charge in [-0.15, -0.1) is 0 Å². The van der Waals surface area contributed by atoms with Gasteiger partial charge >= 0.3 is 0 Å². The summed E-state index contributed by atoms with van der Waals surface area (Å²) in [7, 11) is 0. The quantitative estimate of drug-likeness (QED) is 0.631. The normalized spacial score (nSPS) is 19.8. The lowest BCUT2D eigenvalue weighted by molar-refractivity contribution is 0.0862. The van der Waals surface area contributed by atoms with Crippen molar-refractivity contribution in [2.24, 2.45) is 5.41 Å². The number of carbonyl (C=O) groups is 1. The van der Waals surface area contributed by atoms with Crippen molar-refractivity contribution in [2.75, 3.05) is 0 Å². The van der Waals surface area contributed by atoms with Gasteiger partial charge in [-0.2, -0.15) is 5.10 Å². The summed E-state index contributed by atoms with van der Waals surface area (Å²) in [6, 6.07) is 0. The summed E-state index contributed by atoms with van der Waals surface area (Å²) in [5, 5.41) is 6.93. The maximum atomic E-state index is 11.7. The summed E-state index contributed by atoms with van der Waals surface area (Å²) >= 11 is 0. The molecule has 1 heterocycles. The Bertz CT molecular complexity index is 349. The SMILES string of the molecule is Cc1[nH]nc2c1C(=O)C(C)(C)C2. The monoisotopic (exact) mass is 164 g/mol. The number of ketones is 1. The molecule has 3 nitrogen and oxygen atoms in total. The third-order valence-electron chi connectivity index (χ3n) is 2.47. The van der Waals surface area contributed by atoms with E-state index in [1.165, 1.54) is 0 Å². The summed E-state index contributed by atoms with van der Waals surface area (Å²) in [5.74, 6) is 0.226. The number of rotatable bonds is 0. The van der Waals surface area contributed by atoms with Gasteiger partial charge < -0.3 is 0 Å². The van der Waals surface area contributed by atoms with E-state index in [1.54, 1.807) is 0 Å². The topological polar surface area (TPSA) is 45.8 Å². The van der Waals surface area contributed by atoms with Gasteiger partial charge in [0.05, 0.1) is 11.3 Å². The van der Waals surface area contributed by atoms with Gasteiger partial charge in [-0.25, -0.2) is 0 Å². The van der Waals surface area contributed by atoms with Crippen LogP contribution in [-0.2, 0) is 6.42 Å². The van der Waals surface area contributed by atoms with Crippen LogP contribution in [0.3, 0.4) is 0 Å². The van der Waals surface area contributed by atoms with E-state index in [1.807, 2.05) is 20.8 Å². The van der Waals surface area contributed by atoms with Gasteiger partial charge in [0.25, 0.3) is 0 Å². The molecule has 1 N–H and O–H groups in total. The molecule has 0 fully saturated rings. The van der Waals surface area contributed by atoms with Crippen molar-refractivity contribution in [3.8, 4) is 0 Å². The minimum Gasteiger partial charge on any atom is -0.293 e. The van der Waals surface area contributed by atoms with Crippen molar-refractivity contribution in [3.63, 3.8) is 0 Å². The van der Waals surface area contributed by atoms with Crippen LogP contribution in [0.2, 0.25) is 0 Å². The molecule has 0 amide bonds. The molecule has 64 valence electrons. The maximum absolute atomic E-state index is 11.7. The lowest BCUT2D eigenvalue weighted by Gasteiger charge is -2.13. The van der Waals surface area contributed by atoms with Crippen LogP contribution in [0.1, 0.15) is 35.6 Å². The molecule has 3 heteroatoms. The molecular weight excluding hydrogens is 152 g/mol. The fourth-order valence-electron chi connectivity index (χ4n) is 1.75. The molecule has 12 heavy (non-hydrogen) atoms. The zero-order valence-corrected chi connectivity index (χ0v) is 7.56. The Balaban J connectivity index is 2.59. The molecule has 0 saturated carbocycles. The highest BCUT2D eigenvalue weighted by atomic mass is 16.1. The minimum atomic E-state index is -0.239. The van der Waals surface area contributed by atoms with Gasteiger partial charge in [0, 0.05) is 17.5 Å². The molecule has 1 aliphatic rings. The van der Waals surface area contributed by atoms with Gasteiger partial charge in [0.15, 0.2) is 5.78 Å². The number of fused-ring (bicyclic) bond motifs is 1. The summed E-state index contributed by atoms with van der Waals surface area (Å²) in [5.41, 5.74) is 2.42. The Hall–Kier alpha value is -1.12. The standard InChI is InChI=1S/C9H12N2O/c1-5-7-6(11-10-5)4-9(2,3)8(7)12/h4H2,1-3H3,(H,10,11). The molecule has 0 aromatic carbocycles. The number of Topliss-reactive ketones (excluding diaryl/α,β-unsaturated/α-hetero) is 1. The van der Waals surface area contributed by atoms with Gasteiger partial charge in [0.1, 0.15) is 0 Å². The average Bonchev–Trinajstić information content (AvgIpc) is 2.38. The number of aryl methyl sites for hydroxylation is 1. The molecule has 2 rings (SSSR count). The molecule has 1 aromatic rings. The zero-order valence-electron chi connectivity index (χ0n) is 7.56. The third kappa shape index (κ3) is 0.763. The third-order valence-corrected chi connectivity index (χ3v) is 2.47. The van der Waals surface area contributed by atoms with Crippen molar-refractivity contribution in [1.82, 2.24) is 10.2 Å². The maximum Gasteiger partial charge on any atom is 0.172 e. The fourth-order valence-corrected chi connectivity index (χ4v) is 1.75. The predicted molar refractivity (Wildman–Crippen MR) is 45.1 cm³/mol. The number of aromatic nitrogens is 2. The molecule has 0 aliphatic heterocycles. The second-order valence-electron chi connectivity index (χ2n) is 4.06. The summed E-state index contributed by atoms with van der Waals surface area (Å²) < 4.78 is 0. The van der Waals surface area contributed by atoms with Crippen molar-refractivity contribution in [3.05, 3.63) is 17.0 Å². The highest BCUT2D eigenvalue weighted by Gasteiger charge is 2.40. The van der Waals surface area contributed by atoms with Crippen molar-refractivity contribution < 1.29 is 4.79 Å². The average molecular weight is 164 g/mol. The zero-order chi connectivity index (χ0) is 8.93. The minimum absolute atomic E-state index is 0.226. The lowest BCUT2D eigenvalue weighted by atomic mass is 9.89. The Morgan fingerprint density at radius 1 is 1.50 bits per heavy atom. The molecular formula is C9H12N2O. The van der Waals surface area contributed by atoms with E-state index >= 15 is 0 Å². The van der Waals surface area contributed by atoms with Crippen LogP contribution in [0.25, 0.3) is 0 Å². The van der Waals surface area contributed by atoms with Crippen molar-refractivity contribution in [2.45, 2.75) is 27.2 Å². The predicted octanol–water partition coefficient (Wildman–Crippen LogP) is 1.48. The Labute approximate surface area is 71.2 Å². The number of aromatic amines is 1. The Kier molecular flexibility index (Phi) is 1.24. The molecule has 0 atom stereocenters. The second kappa shape index (κ2) is 1.97. The first kappa shape index (κ1) is 7.53. The van der Waals surface area contributed by atoms with E-state index < -0.39 is 0 Å². The highest BCUT2D eigenvalue weighted by molar-refractivity contribution is 6.04. The van der Waals surface area contributed by atoms with E-state index in [2.05, 4.69) is 10.2 Å². The number of H-pyrrole nitrogens is 1. The van der Waals surface area contributed by atoms with E-state index in [-0.39, 0.29) is 11.2 Å². The number of hydrogen-bond donors (Lipinski definition) is 1. The van der Waals surface area contributed by atoms with Gasteiger partial charge in [0.2, 0.25) is 0 Å². The smallest absolute Gasteiger partial charge is 0.172 e. The number of carbonyl (C=O) groups excluding carboxylic acids is 1. The van der Waals surface area contributed by atoms with Crippen LogP contribution in [0, 0.1) is 12.3 Å². The highest BCUT2D eigenvalue weighted by Crippen LogP contribution is 2.36. The molecule has 0 unspecified atom stereocenters. The molecule has 0 radical (unpaired) electrons. The molecule has 0 saturated heterocycles. The van der Waals surface area contributed by atoms with Crippen molar-refractivity contribution in [1.29, 1.82) is 0 Å². The summed E-state index contributed by atoms with van der Waals surface area (Å²) in [4.78, 5) is 11.7. The summed E-state index contributed by atoms with van der Waals surface area (Å²) in [6.07, 6.45) is 0.769. The number of nitrogens with one attached hydrogen (secondary N) is 1. The van der Waals surface area contributed by atoms with Crippen LogP contribution >= 0.6 is 0 Å². The van der Waals surface area contributed by atoms with E-state index in [0.29, 0.717) is 0 Å². The van der Waals surface area contributed by atoms with Crippen LogP contribution < -0.4 is 0 Å². The van der Waals surface area contributed by atoms with Crippen LogP contribution in [0.5, 0.6) is 0 Å². The largest absolute Gasteiger partial charge is 0.293 e. The van der Waals surface area contributed by atoms with Crippen LogP contribution in [0.15, 0.2) is 0 Å². The van der Waals surface area contributed by atoms with Crippen LogP contribution in [0.4, 0.5) is 0 Å². The molecule has 0 spiro atoms. The van der Waals surface area contributed by atoms with E-state index in [4.69, 9.17) is 0 Å². The number of hydrogen-bond acceptors (Lipinski definition) is 2. The molecule has 1 aliphatic carbocycles.